The Kier molecular flexibility index (Phi) is 5.63. The molecule has 0 bridgehead atoms. The van der Waals surface area contributed by atoms with Gasteiger partial charge in [0, 0.05) is 19.1 Å². The second kappa shape index (κ2) is 7.26. The monoisotopic (exact) mass is 292 g/mol. The molecule has 1 aromatic rings. The molecule has 0 spiro atoms. The van der Waals surface area contributed by atoms with Crippen LogP contribution in [0.25, 0.3) is 0 Å². The van der Waals surface area contributed by atoms with Crippen molar-refractivity contribution < 1.29 is 4.39 Å². The molecule has 2 nitrogen and oxygen atoms in total. The summed E-state index contributed by atoms with van der Waals surface area (Å²) in [6, 6.07) is 6.11. The lowest BCUT2D eigenvalue weighted by Crippen LogP contribution is -2.42. The molecule has 2 unspecified atom stereocenters. The minimum absolute atomic E-state index is 0.0835. The van der Waals surface area contributed by atoms with Crippen molar-refractivity contribution in [2.75, 3.05) is 18.0 Å². The van der Waals surface area contributed by atoms with Crippen molar-refractivity contribution >= 4 is 5.69 Å². The van der Waals surface area contributed by atoms with Crippen LogP contribution in [0.1, 0.15) is 46.1 Å². The number of hydrogen-bond donors (Lipinski definition) is 1. The molecule has 2 rings (SSSR count). The molecule has 0 saturated carbocycles. The second-order valence-corrected chi connectivity index (χ2v) is 6.86. The average molecular weight is 292 g/mol. The first-order valence-corrected chi connectivity index (χ1v) is 8.24. The number of nitrogens with zero attached hydrogens (tertiary/aromatic N) is 1. The van der Waals surface area contributed by atoms with Gasteiger partial charge < -0.3 is 10.2 Å². The van der Waals surface area contributed by atoms with Crippen LogP contribution in [-0.4, -0.2) is 19.1 Å². The molecular formula is C18H29FN2. The number of piperidine rings is 1. The van der Waals surface area contributed by atoms with Crippen molar-refractivity contribution in [3.05, 3.63) is 29.6 Å². The van der Waals surface area contributed by atoms with Crippen LogP contribution >= 0.6 is 0 Å². The fraction of sp³-hybridized carbons (Fsp3) is 0.667. The van der Waals surface area contributed by atoms with E-state index < -0.39 is 0 Å². The minimum atomic E-state index is -0.0835. The standard InChI is InChI=1S/C18H29FN2/c1-13(2)11-20-12-16-7-8-18(17(19)10-16)21-9-5-6-14(3)15(21)4/h7-8,10,13-15,20H,5-6,9,11-12H2,1-4H3. The maximum absolute atomic E-state index is 14.5. The molecule has 1 aliphatic heterocycles. The molecule has 3 heteroatoms. The van der Waals surface area contributed by atoms with E-state index in [-0.39, 0.29) is 5.82 Å². The van der Waals surface area contributed by atoms with Crippen molar-refractivity contribution in [2.45, 2.75) is 53.1 Å². The van der Waals surface area contributed by atoms with Gasteiger partial charge in [-0.1, -0.05) is 26.8 Å². The summed E-state index contributed by atoms with van der Waals surface area (Å²) in [5.74, 6) is 1.16. The Balaban J connectivity index is 2.05. The van der Waals surface area contributed by atoms with Crippen LogP contribution in [0.5, 0.6) is 0 Å². The highest BCUT2D eigenvalue weighted by atomic mass is 19.1. The first-order valence-electron chi connectivity index (χ1n) is 8.24. The van der Waals surface area contributed by atoms with Crippen LogP contribution in [-0.2, 0) is 6.54 Å². The average Bonchev–Trinajstić information content (AvgIpc) is 2.42. The molecule has 1 fully saturated rings. The van der Waals surface area contributed by atoms with Crippen molar-refractivity contribution in [1.29, 1.82) is 0 Å². The highest BCUT2D eigenvalue weighted by Crippen LogP contribution is 2.30. The van der Waals surface area contributed by atoms with E-state index >= 15 is 0 Å². The Bertz CT molecular complexity index is 459. The number of anilines is 1. The third-order valence-electron chi connectivity index (χ3n) is 4.58. The molecule has 1 N–H and O–H groups in total. The number of rotatable bonds is 5. The number of benzene rings is 1. The molecule has 1 heterocycles. The Hall–Kier alpha value is -1.09. The van der Waals surface area contributed by atoms with Crippen molar-refractivity contribution in [3.8, 4) is 0 Å². The van der Waals surface area contributed by atoms with Gasteiger partial charge >= 0.3 is 0 Å². The van der Waals surface area contributed by atoms with Crippen LogP contribution < -0.4 is 10.2 Å². The fourth-order valence-electron chi connectivity index (χ4n) is 3.07. The Labute approximate surface area is 128 Å². The second-order valence-electron chi connectivity index (χ2n) is 6.86. The quantitative estimate of drug-likeness (QED) is 0.875. The lowest BCUT2D eigenvalue weighted by atomic mass is 9.91. The summed E-state index contributed by atoms with van der Waals surface area (Å²) in [5, 5.41) is 3.36. The number of hydrogen-bond acceptors (Lipinski definition) is 2. The summed E-state index contributed by atoms with van der Waals surface area (Å²) in [6.45, 7) is 11.5. The van der Waals surface area contributed by atoms with Crippen LogP contribution in [0, 0.1) is 17.7 Å². The van der Waals surface area contributed by atoms with E-state index in [2.05, 4.69) is 44.0 Å². The normalized spacial score (nSPS) is 22.9. The summed E-state index contributed by atoms with van der Waals surface area (Å²) in [5.41, 5.74) is 1.79. The highest BCUT2D eigenvalue weighted by Gasteiger charge is 2.26. The number of halogens is 1. The zero-order valence-corrected chi connectivity index (χ0v) is 13.8. The first kappa shape index (κ1) is 16.3. The predicted octanol–water partition coefficient (Wildman–Crippen LogP) is 4.20. The van der Waals surface area contributed by atoms with Crippen molar-refractivity contribution in [3.63, 3.8) is 0 Å². The van der Waals surface area contributed by atoms with E-state index in [1.54, 1.807) is 6.07 Å². The van der Waals surface area contributed by atoms with Gasteiger partial charge in [-0.05, 0) is 55.8 Å². The lowest BCUT2D eigenvalue weighted by Gasteiger charge is -2.39. The van der Waals surface area contributed by atoms with Crippen LogP contribution in [0.15, 0.2) is 18.2 Å². The van der Waals surface area contributed by atoms with Gasteiger partial charge in [0.25, 0.3) is 0 Å². The number of nitrogens with one attached hydrogen (secondary N) is 1. The minimum Gasteiger partial charge on any atom is -0.366 e. The van der Waals surface area contributed by atoms with Crippen molar-refractivity contribution in [2.24, 2.45) is 11.8 Å². The van der Waals surface area contributed by atoms with E-state index in [0.717, 1.165) is 37.3 Å². The molecule has 1 saturated heterocycles. The van der Waals surface area contributed by atoms with Gasteiger partial charge in [-0.25, -0.2) is 4.39 Å². The molecule has 0 aliphatic carbocycles. The van der Waals surface area contributed by atoms with E-state index in [9.17, 15) is 4.39 Å². The summed E-state index contributed by atoms with van der Waals surface area (Å²) < 4.78 is 14.5. The Morgan fingerprint density at radius 2 is 2.10 bits per heavy atom. The van der Waals surface area contributed by atoms with Gasteiger partial charge in [-0.15, -0.1) is 0 Å². The maximum Gasteiger partial charge on any atom is 0.146 e. The van der Waals surface area contributed by atoms with Gasteiger partial charge in [-0.2, -0.15) is 0 Å². The van der Waals surface area contributed by atoms with Gasteiger partial charge in [0.05, 0.1) is 5.69 Å². The van der Waals surface area contributed by atoms with E-state index in [1.807, 2.05) is 6.07 Å². The van der Waals surface area contributed by atoms with Gasteiger partial charge in [0.2, 0.25) is 0 Å². The Morgan fingerprint density at radius 1 is 1.33 bits per heavy atom. The molecule has 0 aromatic heterocycles. The first-order chi connectivity index (χ1) is 9.99. The molecule has 0 amide bonds. The summed E-state index contributed by atoms with van der Waals surface area (Å²) >= 11 is 0. The summed E-state index contributed by atoms with van der Waals surface area (Å²) in [6.07, 6.45) is 2.40. The summed E-state index contributed by atoms with van der Waals surface area (Å²) in [4.78, 5) is 2.23. The third kappa shape index (κ3) is 4.19. The van der Waals surface area contributed by atoms with E-state index in [4.69, 9.17) is 0 Å². The lowest BCUT2D eigenvalue weighted by molar-refractivity contribution is 0.360. The van der Waals surface area contributed by atoms with Crippen molar-refractivity contribution in [1.82, 2.24) is 5.32 Å². The smallest absolute Gasteiger partial charge is 0.146 e. The van der Waals surface area contributed by atoms with Crippen LogP contribution in [0.3, 0.4) is 0 Å². The zero-order chi connectivity index (χ0) is 15.4. The molecule has 2 atom stereocenters. The van der Waals surface area contributed by atoms with Crippen LogP contribution in [0.2, 0.25) is 0 Å². The molecular weight excluding hydrogens is 263 g/mol. The SMILES string of the molecule is CC(C)CNCc1ccc(N2CCCC(C)C2C)c(F)c1. The zero-order valence-electron chi connectivity index (χ0n) is 13.8. The van der Waals surface area contributed by atoms with Gasteiger partial charge in [-0.3, -0.25) is 0 Å². The molecule has 21 heavy (non-hydrogen) atoms. The van der Waals surface area contributed by atoms with E-state index in [0.29, 0.717) is 17.9 Å². The molecule has 118 valence electrons. The van der Waals surface area contributed by atoms with E-state index in [1.165, 1.54) is 6.42 Å². The third-order valence-corrected chi connectivity index (χ3v) is 4.58. The molecule has 0 radical (unpaired) electrons. The fourth-order valence-corrected chi connectivity index (χ4v) is 3.07. The Morgan fingerprint density at radius 3 is 2.76 bits per heavy atom. The van der Waals surface area contributed by atoms with Gasteiger partial charge in [0.1, 0.15) is 5.82 Å². The highest BCUT2D eigenvalue weighted by molar-refractivity contribution is 5.50. The summed E-state index contributed by atoms with van der Waals surface area (Å²) in [7, 11) is 0. The van der Waals surface area contributed by atoms with Gasteiger partial charge in [0.15, 0.2) is 0 Å². The van der Waals surface area contributed by atoms with Crippen LogP contribution in [0.4, 0.5) is 10.1 Å². The molecule has 1 aliphatic rings. The predicted molar refractivity (Wildman–Crippen MR) is 88.2 cm³/mol. The topological polar surface area (TPSA) is 15.3 Å². The maximum atomic E-state index is 14.5. The largest absolute Gasteiger partial charge is 0.366 e. The molecule has 1 aromatic carbocycles.